The molecule has 8 heteroatoms. The highest BCUT2D eigenvalue weighted by molar-refractivity contribution is 14.0. The van der Waals surface area contributed by atoms with Gasteiger partial charge < -0.3 is 15.1 Å². The highest BCUT2D eigenvalue weighted by Crippen LogP contribution is 2.16. The Bertz CT molecular complexity index is 667. The first kappa shape index (κ1) is 19.9. The maximum Gasteiger partial charge on any atom is 0.225 e. The van der Waals surface area contributed by atoms with Crippen LogP contribution in [0.5, 0.6) is 0 Å². The molecule has 2 aromatic heterocycles. The standard InChI is InChI=1S/C17H24N6S.HI/c1-3-18-16(21-13-15-6-5-14(2)24-15)22-9-11-23(12-10-22)17-19-7-4-8-20-17;/h4-8H,3,9-13H2,1-2H3,(H,18,21);1H. The number of piperazine rings is 1. The Labute approximate surface area is 170 Å². The zero-order chi connectivity index (χ0) is 16.8. The first-order valence-corrected chi connectivity index (χ1v) is 9.18. The molecule has 0 bridgehead atoms. The van der Waals surface area contributed by atoms with Crippen LogP contribution in [0.4, 0.5) is 5.95 Å². The van der Waals surface area contributed by atoms with Gasteiger partial charge in [0.1, 0.15) is 0 Å². The number of hydrogen-bond acceptors (Lipinski definition) is 5. The van der Waals surface area contributed by atoms with Gasteiger partial charge in [-0.25, -0.2) is 15.0 Å². The Morgan fingerprint density at radius 1 is 1.20 bits per heavy atom. The summed E-state index contributed by atoms with van der Waals surface area (Å²) in [5.74, 6) is 1.81. The Morgan fingerprint density at radius 3 is 2.52 bits per heavy atom. The number of aryl methyl sites for hydroxylation is 1. The van der Waals surface area contributed by atoms with E-state index in [1.54, 1.807) is 12.4 Å². The average Bonchev–Trinajstić information content (AvgIpc) is 3.05. The van der Waals surface area contributed by atoms with Gasteiger partial charge in [-0.1, -0.05) is 0 Å². The van der Waals surface area contributed by atoms with E-state index < -0.39 is 0 Å². The van der Waals surface area contributed by atoms with Gasteiger partial charge in [-0.05, 0) is 32.0 Å². The van der Waals surface area contributed by atoms with E-state index >= 15 is 0 Å². The Balaban J connectivity index is 0.00000225. The molecule has 0 radical (unpaired) electrons. The molecule has 0 amide bonds. The molecule has 0 aromatic carbocycles. The Morgan fingerprint density at radius 2 is 1.92 bits per heavy atom. The molecule has 1 saturated heterocycles. The summed E-state index contributed by atoms with van der Waals surface area (Å²) >= 11 is 1.81. The molecule has 1 aliphatic rings. The van der Waals surface area contributed by atoms with Gasteiger partial charge in [0.15, 0.2) is 5.96 Å². The Hall–Kier alpha value is -1.42. The molecule has 1 fully saturated rings. The molecule has 136 valence electrons. The highest BCUT2D eigenvalue weighted by atomic mass is 127. The van der Waals surface area contributed by atoms with Gasteiger partial charge in [0.05, 0.1) is 6.54 Å². The number of nitrogens with zero attached hydrogens (tertiary/aromatic N) is 5. The summed E-state index contributed by atoms with van der Waals surface area (Å²) < 4.78 is 0. The SMILES string of the molecule is CCNC(=NCc1ccc(C)s1)N1CCN(c2ncccn2)CC1.I. The molecule has 0 unspecified atom stereocenters. The fraction of sp³-hybridized carbons (Fsp3) is 0.471. The normalized spacial score (nSPS) is 15.0. The van der Waals surface area contributed by atoms with Gasteiger partial charge in [-0.3, -0.25) is 0 Å². The van der Waals surface area contributed by atoms with Crippen molar-refractivity contribution in [1.82, 2.24) is 20.2 Å². The van der Waals surface area contributed by atoms with Crippen LogP contribution in [0.1, 0.15) is 16.7 Å². The highest BCUT2D eigenvalue weighted by Gasteiger charge is 2.21. The lowest BCUT2D eigenvalue weighted by molar-refractivity contribution is 0.370. The molecule has 1 aliphatic heterocycles. The predicted octanol–water partition coefficient (Wildman–Crippen LogP) is 2.75. The van der Waals surface area contributed by atoms with Crippen molar-refractivity contribution in [2.45, 2.75) is 20.4 Å². The molecule has 0 atom stereocenters. The quantitative estimate of drug-likeness (QED) is 0.422. The lowest BCUT2D eigenvalue weighted by Crippen LogP contribution is -2.52. The minimum absolute atomic E-state index is 0. The summed E-state index contributed by atoms with van der Waals surface area (Å²) in [6.45, 7) is 9.53. The van der Waals surface area contributed by atoms with Crippen LogP contribution in [0.25, 0.3) is 0 Å². The van der Waals surface area contributed by atoms with E-state index in [0.29, 0.717) is 0 Å². The van der Waals surface area contributed by atoms with E-state index in [1.165, 1.54) is 9.75 Å². The zero-order valence-corrected chi connectivity index (χ0v) is 17.8. The first-order chi connectivity index (χ1) is 11.8. The van der Waals surface area contributed by atoms with E-state index in [1.807, 2.05) is 17.4 Å². The molecular formula is C17H25IN6S. The predicted molar refractivity (Wildman–Crippen MR) is 115 cm³/mol. The lowest BCUT2D eigenvalue weighted by atomic mass is 10.3. The minimum Gasteiger partial charge on any atom is -0.357 e. The largest absolute Gasteiger partial charge is 0.357 e. The number of guanidine groups is 1. The number of aromatic nitrogens is 2. The van der Waals surface area contributed by atoms with E-state index in [2.05, 4.69) is 51.1 Å². The van der Waals surface area contributed by atoms with Crippen LogP contribution in [-0.4, -0.2) is 53.6 Å². The Kier molecular flexibility index (Phi) is 7.89. The molecule has 25 heavy (non-hydrogen) atoms. The van der Waals surface area contributed by atoms with Crippen LogP contribution >= 0.6 is 35.3 Å². The summed E-state index contributed by atoms with van der Waals surface area (Å²) in [4.78, 5) is 20.7. The maximum atomic E-state index is 4.81. The number of halogens is 1. The van der Waals surface area contributed by atoms with Crippen molar-refractivity contribution in [3.05, 3.63) is 40.3 Å². The van der Waals surface area contributed by atoms with Crippen molar-refractivity contribution in [1.29, 1.82) is 0 Å². The van der Waals surface area contributed by atoms with Crippen LogP contribution in [0.2, 0.25) is 0 Å². The maximum absolute atomic E-state index is 4.81. The van der Waals surface area contributed by atoms with Crippen molar-refractivity contribution in [2.75, 3.05) is 37.6 Å². The third-order valence-corrected chi connectivity index (χ3v) is 4.92. The number of hydrogen-bond donors (Lipinski definition) is 1. The molecule has 3 rings (SSSR count). The van der Waals surface area contributed by atoms with Crippen molar-refractivity contribution >= 4 is 47.2 Å². The molecule has 2 aromatic rings. The summed E-state index contributed by atoms with van der Waals surface area (Å²) in [5.41, 5.74) is 0. The van der Waals surface area contributed by atoms with E-state index in [4.69, 9.17) is 4.99 Å². The zero-order valence-electron chi connectivity index (χ0n) is 14.7. The van der Waals surface area contributed by atoms with Crippen LogP contribution in [0, 0.1) is 6.92 Å². The second-order valence-electron chi connectivity index (χ2n) is 5.71. The summed E-state index contributed by atoms with van der Waals surface area (Å²) in [7, 11) is 0. The number of aliphatic imine (C=N–C) groups is 1. The van der Waals surface area contributed by atoms with Gasteiger partial charge in [0, 0.05) is 54.9 Å². The minimum atomic E-state index is 0. The molecule has 3 heterocycles. The molecule has 6 nitrogen and oxygen atoms in total. The lowest BCUT2D eigenvalue weighted by Gasteiger charge is -2.36. The number of anilines is 1. The van der Waals surface area contributed by atoms with Crippen LogP contribution in [-0.2, 0) is 6.54 Å². The van der Waals surface area contributed by atoms with E-state index in [0.717, 1.165) is 51.2 Å². The molecule has 0 spiro atoms. The van der Waals surface area contributed by atoms with Gasteiger partial charge in [0.25, 0.3) is 0 Å². The third-order valence-electron chi connectivity index (χ3n) is 3.93. The molecule has 0 aliphatic carbocycles. The number of thiophene rings is 1. The van der Waals surface area contributed by atoms with Crippen LogP contribution in [0.15, 0.2) is 35.6 Å². The molecule has 0 saturated carbocycles. The third kappa shape index (κ3) is 5.53. The van der Waals surface area contributed by atoms with Crippen molar-refractivity contribution in [3.63, 3.8) is 0 Å². The molecule has 1 N–H and O–H groups in total. The smallest absolute Gasteiger partial charge is 0.225 e. The van der Waals surface area contributed by atoms with Gasteiger partial charge in [0.2, 0.25) is 5.95 Å². The monoisotopic (exact) mass is 472 g/mol. The second kappa shape index (κ2) is 9.91. The first-order valence-electron chi connectivity index (χ1n) is 8.37. The number of nitrogens with one attached hydrogen (secondary N) is 1. The van der Waals surface area contributed by atoms with Gasteiger partial charge in [-0.2, -0.15) is 0 Å². The number of rotatable bonds is 4. The summed E-state index contributed by atoms with van der Waals surface area (Å²) in [5, 5.41) is 3.41. The van der Waals surface area contributed by atoms with E-state index in [9.17, 15) is 0 Å². The van der Waals surface area contributed by atoms with Gasteiger partial charge >= 0.3 is 0 Å². The van der Waals surface area contributed by atoms with Crippen molar-refractivity contribution in [3.8, 4) is 0 Å². The van der Waals surface area contributed by atoms with Crippen molar-refractivity contribution in [2.24, 2.45) is 4.99 Å². The summed E-state index contributed by atoms with van der Waals surface area (Å²) in [6, 6.07) is 6.17. The van der Waals surface area contributed by atoms with Crippen LogP contribution < -0.4 is 10.2 Å². The van der Waals surface area contributed by atoms with Gasteiger partial charge in [-0.15, -0.1) is 35.3 Å². The van der Waals surface area contributed by atoms with Crippen molar-refractivity contribution < 1.29 is 0 Å². The average molecular weight is 472 g/mol. The topological polar surface area (TPSA) is 56.7 Å². The fourth-order valence-corrected chi connectivity index (χ4v) is 3.54. The van der Waals surface area contributed by atoms with E-state index in [-0.39, 0.29) is 24.0 Å². The van der Waals surface area contributed by atoms with Crippen LogP contribution in [0.3, 0.4) is 0 Å². The molecular weight excluding hydrogens is 447 g/mol. The summed E-state index contributed by atoms with van der Waals surface area (Å²) in [6.07, 6.45) is 3.59. The fourth-order valence-electron chi connectivity index (χ4n) is 2.72. The second-order valence-corrected chi connectivity index (χ2v) is 7.08.